The molecule has 1 aromatic carbocycles. The molecule has 1 saturated heterocycles. The highest BCUT2D eigenvalue weighted by Gasteiger charge is 2.28. The predicted octanol–water partition coefficient (Wildman–Crippen LogP) is 2.64. The Kier molecular flexibility index (Phi) is 4.09. The maximum atomic E-state index is 12.1. The first-order valence-electron chi connectivity index (χ1n) is 6.07. The summed E-state index contributed by atoms with van der Waals surface area (Å²) < 4.78 is 0. The highest BCUT2D eigenvalue weighted by Crippen LogP contribution is 2.26. The van der Waals surface area contributed by atoms with Gasteiger partial charge in [-0.15, -0.1) is 0 Å². The second-order valence-corrected chi connectivity index (χ2v) is 4.94. The SMILES string of the molecule is Cc1cccc(Cl)c1NC(=O)N1CCCC1CO. The number of nitrogens with zero attached hydrogens (tertiary/aromatic N) is 1. The Morgan fingerprint density at radius 1 is 1.61 bits per heavy atom. The van der Waals surface area contributed by atoms with E-state index in [1.165, 1.54) is 0 Å². The van der Waals surface area contributed by atoms with Crippen molar-refractivity contribution in [2.75, 3.05) is 18.5 Å². The largest absolute Gasteiger partial charge is 0.394 e. The Balaban J connectivity index is 2.12. The quantitative estimate of drug-likeness (QED) is 0.866. The van der Waals surface area contributed by atoms with Crippen molar-refractivity contribution in [1.82, 2.24) is 4.90 Å². The van der Waals surface area contributed by atoms with Crippen molar-refractivity contribution in [2.24, 2.45) is 0 Å². The number of nitrogens with one attached hydrogen (secondary N) is 1. The van der Waals surface area contributed by atoms with Gasteiger partial charge in [-0.1, -0.05) is 23.7 Å². The van der Waals surface area contributed by atoms with Crippen molar-refractivity contribution in [3.05, 3.63) is 28.8 Å². The Morgan fingerprint density at radius 2 is 2.39 bits per heavy atom. The molecule has 0 aliphatic carbocycles. The molecule has 1 aliphatic heterocycles. The van der Waals surface area contributed by atoms with Crippen molar-refractivity contribution in [2.45, 2.75) is 25.8 Å². The molecule has 1 aliphatic rings. The normalized spacial score (nSPS) is 19.1. The second-order valence-electron chi connectivity index (χ2n) is 4.53. The number of benzene rings is 1. The molecular weight excluding hydrogens is 252 g/mol. The number of aliphatic hydroxyl groups excluding tert-OH is 1. The summed E-state index contributed by atoms with van der Waals surface area (Å²) in [5.74, 6) is 0. The molecule has 4 nitrogen and oxygen atoms in total. The zero-order valence-electron chi connectivity index (χ0n) is 10.3. The number of aryl methyl sites for hydroxylation is 1. The Bertz CT molecular complexity index is 430. The molecular formula is C13H17ClN2O2. The number of amides is 2. The Labute approximate surface area is 112 Å². The summed E-state index contributed by atoms with van der Waals surface area (Å²) >= 11 is 6.07. The smallest absolute Gasteiger partial charge is 0.322 e. The molecule has 1 unspecified atom stereocenters. The molecule has 2 rings (SSSR count). The van der Waals surface area contributed by atoms with E-state index in [4.69, 9.17) is 11.6 Å². The van der Waals surface area contributed by atoms with Gasteiger partial charge >= 0.3 is 6.03 Å². The minimum atomic E-state index is -0.192. The minimum absolute atomic E-state index is 0.00885. The lowest BCUT2D eigenvalue weighted by Gasteiger charge is -2.24. The van der Waals surface area contributed by atoms with E-state index in [2.05, 4.69) is 5.32 Å². The van der Waals surface area contributed by atoms with E-state index in [1.807, 2.05) is 19.1 Å². The molecule has 1 fully saturated rings. The van der Waals surface area contributed by atoms with Crippen molar-refractivity contribution in [1.29, 1.82) is 0 Å². The van der Waals surface area contributed by atoms with Crippen LogP contribution in [0.3, 0.4) is 0 Å². The fourth-order valence-electron chi connectivity index (χ4n) is 2.26. The molecule has 98 valence electrons. The number of halogens is 1. The van der Waals surface area contributed by atoms with Gasteiger partial charge in [0.25, 0.3) is 0 Å². The van der Waals surface area contributed by atoms with E-state index in [0.29, 0.717) is 17.3 Å². The lowest BCUT2D eigenvalue weighted by Crippen LogP contribution is -2.40. The number of para-hydroxylation sites is 1. The highest BCUT2D eigenvalue weighted by molar-refractivity contribution is 6.33. The van der Waals surface area contributed by atoms with Crippen LogP contribution in [0.15, 0.2) is 18.2 Å². The first-order valence-corrected chi connectivity index (χ1v) is 6.45. The molecule has 0 bridgehead atoms. The van der Waals surface area contributed by atoms with Gasteiger partial charge in [-0.05, 0) is 31.4 Å². The van der Waals surface area contributed by atoms with Crippen LogP contribution in [-0.2, 0) is 0 Å². The topological polar surface area (TPSA) is 52.6 Å². The van der Waals surface area contributed by atoms with Gasteiger partial charge in [-0.25, -0.2) is 4.79 Å². The van der Waals surface area contributed by atoms with Gasteiger partial charge in [-0.3, -0.25) is 0 Å². The number of urea groups is 1. The van der Waals surface area contributed by atoms with Crippen LogP contribution >= 0.6 is 11.6 Å². The number of carbonyl (C=O) groups is 1. The van der Waals surface area contributed by atoms with Crippen molar-refractivity contribution in [3.8, 4) is 0 Å². The van der Waals surface area contributed by atoms with Gasteiger partial charge in [0.2, 0.25) is 0 Å². The number of anilines is 1. The number of aliphatic hydroxyl groups is 1. The first-order chi connectivity index (χ1) is 8.63. The van der Waals surface area contributed by atoms with E-state index in [0.717, 1.165) is 18.4 Å². The average molecular weight is 269 g/mol. The molecule has 0 saturated carbocycles. The van der Waals surface area contributed by atoms with Gasteiger partial charge in [0.05, 0.1) is 23.4 Å². The third-order valence-corrected chi connectivity index (χ3v) is 3.62. The van der Waals surface area contributed by atoms with Crippen LogP contribution in [0.5, 0.6) is 0 Å². The van der Waals surface area contributed by atoms with Crippen LogP contribution in [0.1, 0.15) is 18.4 Å². The molecule has 1 atom stereocenters. The van der Waals surface area contributed by atoms with Crippen molar-refractivity contribution in [3.63, 3.8) is 0 Å². The lowest BCUT2D eigenvalue weighted by atomic mass is 10.2. The molecule has 0 aromatic heterocycles. The molecule has 1 heterocycles. The van der Waals surface area contributed by atoms with E-state index in [1.54, 1.807) is 11.0 Å². The average Bonchev–Trinajstić information content (AvgIpc) is 2.82. The maximum absolute atomic E-state index is 12.1. The van der Waals surface area contributed by atoms with Gasteiger partial charge < -0.3 is 15.3 Å². The standard InChI is InChI=1S/C13H17ClN2O2/c1-9-4-2-6-11(14)12(9)15-13(18)16-7-3-5-10(16)8-17/h2,4,6,10,17H,3,5,7-8H2,1H3,(H,15,18). The number of hydrogen-bond acceptors (Lipinski definition) is 2. The third kappa shape index (κ3) is 2.60. The minimum Gasteiger partial charge on any atom is -0.394 e. The fraction of sp³-hybridized carbons (Fsp3) is 0.462. The summed E-state index contributed by atoms with van der Waals surface area (Å²) in [7, 11) is 0. The summed E-state index contributed by atoms with van der Waals surface area (Å²) in [5.41, 5.74) is 1.57. The van der Waals surface area contributed by atoms with E-state index in [-0.39, 0.29) is 18.7 Å². The van der Waals surface area contributed by atoms with Crippen molar-refractivity contribution < 1.29 is 9.90 Å². The van der Waals surface area contributed by atoms with E-state index in [9.17, 15) is 9.90 Å². The van der Waals surface area contributed by atoms with Crippen molar-refractivity contribution >= 4 is 23.3 Å². The summed E-state index contributed by atoms with van der Waals surface area (Å²) in [6, 6.07) is 5.22. The van der Waals surface area contributed by atoms with Gasteiger partial charge in [0.1, 0.15) is 0 Å². The van der Waals surface area contributed by atoms with E-state index < -0.39 is 0 Å². The summed E-state index contributed by atoms with van der Waals surface area (Å²) in [6.45, 7) is 2.59. The van der Waals surface area contributed by atoms with Gasteiger partial charge in [-0.2, -0.15) is 0 Å². The summed E-state index contributed by atoms with van der Waals surface area (Å²) in [5, 5.41) is 12.6. The summed E-state index contributed by atoms with van der Waals surface area (Å²) in [4.78, 5) is 13.8. The molecule has 1 aromatic rings. The monoisotopic (exact) mass is 268 g/mol. The van der Waals surface area contributed by atoms with Gasteiger partial charge in [0.15, 0.2) is 0 Å². The summed E-state index contributed by atoms with van der Waals surface area (Å²) in [6.07, 6.45) is 1.78. The Morgan fingerprint density at radius 3 is 3.06 bits per heavy atom. The second kappa shape index (κ2) is 5.59. The van der Waals surface area contributed by atoms with E-state index >= 15 is 0 Å². The van der Waals surface area contributed by atoms with Crippen LogP contribution in [0.2, 0.25) is 5.02 Å². The number of carbonyl (C=O) groups excluding carboxylic acids is 1. The van der Waals surface area contributed by atoms with Crippen LogP contribution in [0, 0.1) is 6.92 Å². The molecule has 0 spiro atoms. The Hall–Kier alpha value is -1.26. The molecule has 5 heteroatoms. The molecule has 2 amide bonds. The van der Waals surface area contributed by atoms with Crippen LogP contribution in [0.4, 0.5) is 10.5 Å². The lowest BCUT2D eigenvalue weighted by molar-refractivity contribution is 0.166. The fourth-order valence-corrected chi connectivity index (χ4v) is 2.53. The third-order valence-electron chi connectivity index (χ3n) is 3.30. The van der Waals surface area contributed by atoms with Gasteiger partial charge in [0, 0.05) is 6.54 Å². The zero-order chi connectivity index (χ0) is 13.1. The molecule has 2 N–H and O–H groups in total. The molecule has 18 heavy (non-hydrogen) atoms. The first kappa shape index (κ1) is 13.2. The number of rotatable bonds is 2. The van der Waals surface area contributed by atoms with Crippen LogP contribution < -0.4 is 5.32 Å². The predicted molar refractivity (Wildman–Crippen MR) is 72.0 cm³/mol. The number of hydrogen-bond donors (Lipinski definition) is 2. The molecule has 0 radical (unpaired) electrons. The van der Waals surface area contributed by atoms with Crippen LogP contribution in [0.25, 0.3) is 0 Å². The van der Waals surface area contributed by atoms with Crippen LogP contribution in [-0.4, -0.2) is 35.2 Å². The highest BCUT2D eigenvalue weighted by atomic mass is 35.5. The maximum Gasteiger partial charge on any atom is 0.322 e. The zero-order valence-corrected chi connectivity index (χ0v) is 11.1. The number of likely N-dealkylation sites (tertiary alicyclic amines) is 1.